The van der Waals surface area contributed by atoms with Gasteiger partial charge in [-0.1, -0.05) is 47.0 Å². The lowest BCUT2D eigenvalue weighted by Gasteiger charge is -2.38. The molecule has 0 rings (SSSR count). The predicted octanol–water partition coefficient (Wildman–Crippen LogP) is 3.97. The van der Waals surface area contributed by atoms with E-state index in [0.29, 0.717) is 0 Å². The van der Waals surface area contributed by atoms with Crippen molar-refractivity contribution in [1.29, 1.82) is 0 Å². The van der Waals surface area contributed by atoms with Gasteiger partial charge in [-0.25, -0.2) is 0 Å². The van der Waals surface area contributed by atoms with E-state index in [0.717, 1.165) is 6.42 Å². The Morgan fingerprint density at radius 2 is 1.75 bits per heavy atom. The van der Waals surface area contributed by atoms with Crippen molar-refractivity contribution in [3.8, 4) is 0 Å². The van der Waals surface area contributed by atoms with Crippen molar-refractivity contribution in [3.63, 3.8) is 0 Å². The molecule has 98 valence electrons. The van der Waals surface area contributed by atoms with Crippen molar-refractivity contribution in [2.75, 3.05) is 0 Å². The fraction of sp³-hybridized carbons (Fsp3) is 1.00. The summed E-state index contributed by atoms with van der Waals surface area (Å²) >= 11 is 0. The fourth-order valence-electron chi connectivity index (χ4n) is 2.05. The molecular weight excluding hydrogens is 200 g/mol. The Labute approximate surface area is 101 Å². The van der Waals surface area contributed by atoms with E-state index < -0.39 is 6.29 Å². The Bertz CT molecular complexity index is 180. The molecule has 0 radical (unpaired) electrons. The third kappa shape index (κ3) is 4.84. The molecular formula is C14H30O2. The third-order valence-electron chi connectivity index (χ3n) is 3.85. The van der Waals surface area contributed by atoms with Gasteiger partial charge in [0.15, 0.2) is 6.29 Å². The molecule has 0 aliphatic carbocycles. The highest BCUT2D eigenvalue weighted by molar-refractivity contribution is 4.80. The SMILES string of the molecule is CCCCC(C)(CC)[C@@H](C)[C@H](O)OC(C)C. The second-order valence-corrected chi connectivity index (χ2v) is 5.48. The summed E-state index contributed by atoms with van der Waals surface area (Å²) in [7, 11) is 0. The highest BCUT2D eigenvalue weighted by atomic mass is 16.6. The summed E-state index contributed by atoms with van der Waals surface area (Å²) in [5.74, 6) is 0.187. The Kier molecular flexibility index (Phi) is 7.25. The summed E-state index contributed by atoms with van der Waals surface area (Å²) in [6, 6.07) is 0. The molecule has 2 nitrogen and oxygen atoms in total. The summed E-state index contributed by atoms with van der Waals surface area (Å²) in [5, 5.41) is 10.0. The molecule has 0 heterocycles. The third-order valence-corrected chi connectivity index (χ3v) is 3.85. The lowest BCUT2D eigenvalue weighted by molar-refractivity contribution is -0.177. The van der Waals surface area contributed by atoms with Crippen LogP contribution >= 0.6 is 0 Å². The largest absolute Gasteiger partial charge is 0.368 e. The molecule has 0 saturated heterocycles. The molecule has 2 heteroatoms. The van der Waals surface area contributed by atoms with E-state index >= 15 is 0 Å². The summed E-state index contributed by atoms with van der Waals surface area (Å²) in [6.45, 7) is 12.7. The van der Waals surface area contributed by atoms with Crippen molar-refractivity contribution in [2.24, 2.45) is 11.3 Å². The first kappa shape index (κ1) is 15.9. The minimum Gasteiger partial charge on any atom is -0.368 e. The van der Waals surface area contributed by atoms with Gasteiger partial charge in [0.25, 0.3) is 0 Å². The fourth-order valence-corrected chi connectivity index (χ4v) is 2.05. The number of hydrogen-bond acceptors (Lipinski definition) is 2. The van der Waals surface area contributed by atoms with E-state index in [1.807, 2.05) is 13.8 Å². The smallest absolute Gasteiger partial charge is 0.157 e. The van der Waals surface area contributed by atoms with E-state index in [4.69, 9.17) is 4.74 Å². The van der Waals surface area contributed by atoms with Crippen molar-refractivity contribution in [1.82, 2.24) is 0 Å². The van der Waals surface area contributed by atoms with Gasteiger partial charge in [0, 0.05) is 5.92 Å². The van der Waals surface area contributed by atoms with Gasteiger partial charge in [-0.15, -0.1) is 0 Å². The Morgan fingerprint density at radius 1 is 1.19 bits per heavy atom. The number of hydrogen-bond donors (Lipinski definition) is 1. The molecule has 3 atom stereocenters. The van der Waals surface area contributed by atoms with Crippen LogP contribution in [0, 0.1) is 11.3 Å². The number of unbranched alkanes of at least 4 members (excludes halogenated alkanes) is 1. The van der Waals surface area contributed by atoms with Crippen molar-refractivity contribution >= 4 is 0 Å². The molecule has 0 aromatic carbocycles. The predicted molar refractivity (Wildman–Crippen MR) is 69.3 cm³/mol. The molecule has 16 heavy (non-hydrogen) atoms. The first-order valence-electron chi connectivity index (χ1n) is 6.70. The van der Waals surface area contributed by atoms with Crippen molar-refractivity contribution in [3.05, 3.63) is 0 Å². The van der Waals surface area contributed by atoms with Crippen LogP contribution in [0.1, 0.15) is 67.2 Å². The quantitative estimate of drug-likeness (QED) is 0.639. The van der Waals surface area contributed by atoms with Gasteiger partial charge in [0.1, 0.15) is 0 Å². The van der Waals surface area contributed by atoms with E-state index in [1.165, 1.54) is 19.3 Å². The molecule has 0 aromatic heterocycles. The number of rotatable bonds is 8. The van der Waals surface area contributed by atoms with Crippen LogP contribution in [0.5, 0.6) is 0 Å². The topological polar surface area (TPSA) is 29.5 Å². The van der Waals surface area contributed by atoms with E-state index in [2.05, 4.69) is 27.7 Å². The van der Waals surface area contributed by atoms with Crippen LogP contribution in [-0.4, -0.2) is 17.5 Å². The molecule has 0 fully saturated rings. The highest BCUT2D eigenvalue weighted by Gasteiger charge is 2.34. The molecule has 0 bridgehead atoms. The zero-order chi connectivity index (χ0) is 12.8. The summed E-state index contributed by atoms with van der Waals surface area (Å²) in [5.41, 5.74) is 0.185. The minimum absolute atomic E-state index is 0.0877. The zero-order valence-corrected chi connectivity index (χ0v) is 11.9. The van der Waals surface area contributed by atoms with Crippen LogP contribution in [0.25, 0.3) is 0 Å². The highest BCUT2D eigenvalue weighted by Crippen LogP contribution is 2.38. The molecule has 0 aliphatic heterocycles. The minimum atomic E-state index is -0.637. The molecule has 0 aromatic rings. The Hall–Kier alpha value is -0.0800. The van der Waals surface area contributed by atoms with Gasteiger partial charge < -0.3 is 9.84 Å². The normalized spacial score (nSPS) is 19.5. The molecule has 1 N–H and O–H groups in total. The van der Waals surface area contributed by atoms with E-state index in [1.54, 1.807) is 0 Å². The van der Waals surface area contributed by atoms with Crippen LogP contribution in [0.2, 0.25) is 0 Å². The van der Waals surface area contributed by atoms with Gasteiger partial charge in [0.2, 0.25) is 0 Å². The molecule has 1 unspecified atom stereocenters. The van der Waals surface area contributed by atoms with Crippen LogP contribution in [0.4, 0.5) is 0 Å². The molecule has 0 saturated carbocycles. The van der Waals surface area contributed by atoms with Gasteiger partial charge in [-0.2, -0.15) is 0 Å². The molecule has 0 aliphatic rings. The first-order valence-corrected chi connectivity index (χ1v) is 6.70. The van der Waals surface area contributed by atoms with Gasteiger partial charge in [-0.3, -0.25) is 0 Å². The summed E-state index contributed by atoms with van der Waals surface area (Å²) < 4.78 is 5.50. The maximum atomic E-state index is 10.0. The lowest BCUT2D eigenvalue weighted by Crippen LogP contribution is -2.36. The van der Waals surface area contributed by atoms with E-state index in [9.17, 15) is 5.11 Å². The second-order valence-electron chi connectivity index (χ2n) is 5.48. The van der Waals surface area contributed by atoms with Crippen LogP contribution < -0.4 is 0 Å². The number of aliphatic hydroxyl groups is 1. The summed E-state index contributed by atoms with van der Waals surface area (Å²) in [6.07, 6.45) is 4.14. The van der Waals surface area contributed by atoms with E-state index in [-0.39, 0.29) is 17.4 Å². The lowest BCUT2D eigenvalue weighted by atomic mass is 9.72. The van der Waals surface area contributed by atoms with Gasteiger partial charge in [0.05, 0.1) is 6.10 Å². The second kappa shape index (κ2) is 7.29. The monoisotopic (exact) mass is 230 g/mol. The van der Waals surface area contributed by atoms with Crippen LogP contribution in [-0.2, 0) is 4.74 Å². The van der Waals surface area contributed by atoms with Gasteiger partial charge in [-0.05, 0) is 25.7 Å². The Balaban J connectivity index is 4.42. The van der Waals surface area contributed by atoms with Crippen molar-refractivity contribution < 1.29 is 9.84 Å². The average Bonchev–Trinajstić information content (AvgIpc) is 2.23. The number of aliphatic hydroxyl groups excluding tert-OH is 1. The number of ether oxygens (including phenoxy) is 1. The van der Waals surface area contributed by atoms with Crippen molar-refractivity contribution in [2.45, 2.75) is 79.6 Å². The van der Waals surface area contributed by atoms with Crippen LogP contribution in [0.15, 0.2) is 0 Å². The standard InChI is InChI=1S/C14H30O2/c1-7-9-10-14(6,8-2)12(5)13(15)16-11(3)4/h11-13,15H,7-10H2,1-6H3/t12-,13+,14?/m0/s1. The maximum absolute atomic E-state index is 10.0. The Morgan fingerprint density at radius 3 is 2.12 bits per heavy atom. The maximum Gasteiger partial charge on any atom is 0.157 e. The summed E-state index contributed by atoms with van der Waals surface area (Å²) in [4.78, 5) is 0. The van der Waals surface area contributed by atoms with Crippen LogP contribution in [0.3, 0.4) is 0 Å². The zero-order valence-electron chi connectivity index (χ0n) is 11.9. The van der Waals surface area contributed by atoms with Gasteiger partial charge >= 0.3 is 0 Å². The molecule has 0 spiro atoms. The first-order chi connectivity index (χ1) is 7.37. The average molecular weight is 230 g/mol. The molecule has 0 amide bonds.